The summed E-state index contributed by atoms with van der Waals surface area (Å²) in [6.45, 7) is 22.4. The largest absolute Gasteiger partial charge is 0.491 e. The molecule has 0 aliphatic heterocycles. The molecule has 0 aliphatic rings. The number of unbranched alkanes of at least 4 members (excludes halogenated alkanes) is 22. The Labute approximate surface area is 608 Å². The summed E-state index contributed by atoms with van der Waals surface area (Å²) in [5.74, 6) is 3.15. The molecule has 0 amide bonds. The lowest BCUT2D eigenvalue weighted by Gasteiger charge is -2.19. The molecule has 95 heavy (non-hydrogen) atoms. The molecule has 1 aromatic carbocycles. The van der Waals surface area contributed by atoms with E-state index in [1.807, 2.05) is 97.8 Å². The van der Waals surface area contributed by atoms with Gasteiger partial charge in [-0.3, -0.25) is 0 Å². The maximum atomic E-state index is 7.50. The van der Waals surface area contributed by atoms with Crippen molar-refractivity contribution in [3.8, 4) is 75.1 Å². The van der Waals surface area contributed by atoms with Gasteiger partial charge in [0.2, 0.25) is 0 Å². The predicted molar refractivity (Wildman–Crippen MR) is 434 cm³/mol. The molecule has 8 aromatic heterocycles. The smallest absolute Gasteiger partial charge is 0.174 e. The number of ether oxygens (including phenoxy) is 3. The molecule has 0 bridgehead atoms. The van der Waals surface area contributed by atoms with Crippen LogP contribution in [0.1, 0.15) is 288 Å². The first-order valence-corrected chi connectivity index (χ1v) is 44.7. The summed E-state index contributed by atoms with van der Waals surface area (Å²) in [5, 5.41) is 3.48. The fraction of sp³-hybridized carbons (Fsp3) is 0.595. The molecule has 0 radical (unpaired) electrons. The van der Waals surface area contributed by atoms with E-state index < -0.39 is 0 Å². The zero-order chi connectivity index (χ0) is 66.7. The van der Waals surface area contributed by atoms with Gasteiger partial charge in [-0.2, -0.15) is 0 Å². The highest BCUT2D eigenvalue weighted by molar-refractivity contribution is 7.31. The van der Waals surface area contributed by atoms with Crippen molar-refractivity contribution in [1.82, 2.24) is 0 Å². The monoisotopic (exact) mass is 1430 g/mol. The summed E-state index contributed by atoms with van der Waals surface area (Å²) in [6, 6.07) is 24.8. The van der Waals surface area contributed by atoms with Crippen molar-refractivity contribution < 1.29 is 14.2 Å². The third-order valence-electron chi connectivity index (χ3n) is 19.7. The van der Waals surface area contributed by atoms with Gasteiger partial charge in [0.15, 0.2) is 5.06 Å². The summed E-state index contributed by atoms with van der Waals surface area (Å²) < 4.78 is 23.4. The summed E-state index contributed by atoms with van der Waals surface area (Å²) in [5.41, 5.74) is 6.03. The lowest BCUT2D eigenvalue weighted by atomic mass is 10.0. The molecule has 2 atom stereocenters. The Morgan fingerprint density at radius 3 is 1.01 bits per heavy atom. The maximum absolute atomic E-state index is 7.50. The first kappa shape index (κ1) is 75.9. The van der Waals surface area contributed by atoms with Gasteiger partial charge in [-0.1, -0.05) is 234 Å². The zero-order valence-electron chi connectivity index (χ0n) is 60.3. The SMILES string of the molecule is CCCCCCCCc1cc(C)sc1-c1ccc(-c2sc(-c3cc4c(OCC(CC)CCCC)c5sc(-c6cc(CCCCCCCC)c(-c7ccc(-c8sc(OC)cc8CCCCCCCC)s7)s6)cc5c(OCC(CC)CCCC)c4s3)cc2CCCCCCCC)s1. The first-order valence-electron chi connectivity index (χ1n) is 38.2. The van der Waals surface area contributed by atoms with E-state index in [2.05, 4.69) is 123 Å². The van der Waals surface area contributed by atoms with E-state index >= 15 is 0 Å². The molecule has 0 fully saturated rings. The molecule has 520 valence electrons. The van der Waals surface area contributed by atoms with Crippen LogP contribution in [-0.2, 0) is 25.7 Å². The number of methoxy groups -OCH3 is 1. The molecule has 2 unspecified atom stereocenters. The zero-order valence-corrected chi connectivity index (χ0v) is 66.8. The number of fused-ring (bicyclic) bond motifs is 2. The van der Waals surface area contributed by atoms with Crippen LogP contribution in [0.15, 0.2) is 60.7 Å². The third-order valence-corrected chi connectivity index (χ3v) is 29.8. The minimum atomic E-state index is 0.504. The van der Waals surface area contributed by atoms with E-state index in [-0.39, 0.29) is 0 Å². The number of aryl methyl sites for hydroxylation is 5. The number of hydrogen-bond acceptors (Lipinski definition) is 11. The lowest BCUT2D eigenvalue weighted by molar-refractivity contribution is 0.235. The minimum absolute atomic E-state index is 0.504. The van der Waals surface area contributed by atoms with Gasteiger partial charge in [0, 0.05) is 69.3 Å². The van der Waals surface area contributed by atoms with Crippen molar-refractivity contribution in [3.63, 3.8) is 0 Å². The maximum Gasteiger partial charge on any atom is 0.174 e. The Bertz CT molecular complexity index is 3560. The van der Waals surface area contributed by atoms with E-state index in [1.54, 1.807) is 5.56 Å². The van der Waals surface area contributed by atoms with Gasteiger partial charge < -0.3 is 14.2 Å². The molecule has 0 spiro atoms. The van der Waals surface area contributed by atoms with Gasteiger partial charge in [0.05, 0.1) is 34.6 Å². The normalized spacial score (nSPS) is 12.6. The number of benzene rings is 1. The first-order chi connectivity index (χ1) is 46.6. The van der Waals surface area contributed by atoms with E-state index in [0.717, 1.165) is 61.9 Å². The van der Waals surface area contributed by atoms with Crippen LogP contribution < -0.4 is 14.2 Å². The number of hydrogen-bond donors (Lipinski definition) is 0. The van der Waals surface area contributed by atoms with Gasteiger partial charge in [-0.15, -0.1) is 79.4 Å². The van der Waals surface area contributed by atoms with Crippen molar-refractivity contribution in [2.24, 2.45) is 11.8 Å². The van der Waals surface area contributed by atoms with E-state index in [0.29, 0.717) is 11.8 Å². The second-order valence-corrected chi connectivity index (χ2v) is 36.1. The van der Waals surface area contributed by atoms with Gasteiger partial charge >= 0.3 is 0 Å². The predicted octanol–water partition coefficient (Wildman–Crippen LogP) is 31.6. The van der Waals surface area contributed by atoms with Crippen LogP contribution in [0, 0.1) is 18.8 Å². The summed E-state index contributed by atoms with van der Waals surface area (Å²) in [6.07, 6.45) is 45.5. The van der Waals surface area contributed by atoms with Gasteiger partial charge in [0.1, 0.15) is 11.5 Å². The number of rotatable bonds is 49. The molecule has 0 aliphatic carbocycles. The van der Waals surface area contributed by atoms with Crippen molar-refractivity contribution in [3.05, 3.63) is 87.8 Å². The highest BCUT2D eigenvalue weighted by Crippen LogP contribution is 2.56. The van der Waals surface area contributed by atoms with Crippen LogP contribution >= 0.6 is 90.7 Å². The van der Waals surface area contributed by atoms with Crippen LogP contribution in [0.25, 0.3) is 78.7 Å². The van der Waals surface area contributed by atoms with Crippen LogP contribution in [0.5, 0.6) is 16.6 Å². The lowest BCUT2D eigenvalue weighted by Crippen LogP contribution is -2.12. The van der Waals surface area contributed by atoms with Gasteiger partial charge in [-0.25, -0.2) is 0 Å². The molecule has 8 heterocycles. The fourth-order valence-electron chi connectivity index (χ4n) is 13.7. The van der Waals surface area contributed by atoms with Crippen molar-refractivity contribution in [2.45, 2.75) is 293 Å². The van der Waals surface area contributed by atoms with Crippen LogP contribution in [0.2, 0.25) is 0 Å². The van der Waals surface area contributed by atoms with Crippen LogP contribution in [0.4, 0.5) is 0 Å². The van der Waals surface area contributed by atoms with Crippen LogP contribution in [0.3, 0.4) is 0 Å². The highest BCUT2D eigenvalue weighted by Gasteiger charge is 2.28. The molecular weight excluding hydrogens is 1310 g/mol. The topological polar surface area (TPSA) is 27.7 Å². The Hall–Kier alpha value is -3.26. The van der Waals surface area contributed by atoms with Crippen molar-refractivity contribution in [2.75, 3.05) is 20.3 Å². The van der Waals surface area contributed by atoms with Crippen molar-refractivity contribution >= 4 is 111 Å². The standard InChI is InChI=1S/C84H118O3S8/c1-11-19-25-29-33-37-43-62-51-59(9)88-79(62)68-47-48-69(89-68)80-63(44-38-34-30-26-20-12-2)52-72(91-80)74-55-66-77(86-57-60(17-7)41-23-15-5)84-67(78(83(66)93-74)87-58-61(18-8)42-24-16-6)56-75(94-84)73-53-64(45-39-35-31-27-21-13-3)81(92-73)70-49-50-71(90-70)82-65(54-76(85-10)95-82)46-40-36-32-28-22-14-4/h47-56,60-61H,11-46,57-58H2,1-10H3. The molecule has 9 rings (SSSR count). The van der Waals surface area contributed by atoms with E-state index in [4.69, 9.17) is 14.2 Å². The van der Waals surface area contributed by atoms with Crippen LogP contribution in [-0.4, -0.2) is 20.3 Å². The minimum Gasteiger partial charge on any atom is -0.491 e. The quantitative estimate of drug-likeness (QED) is 0.0356. The summed E-state index contributed by atoms with van der Waals surface area (Å²) in [7, 11) is 1.83. The Morgan fingerprint density at radius 2 is 0.642 bits per heavy atom. The molecule has 0 N–H and O–H groups in total. The molecule has 3 nitrogen and oxygen atoms in total. The molecular formula is C84H118O3S8. The highest BCUT2D eigenvalue weighted by atomic mass is 32.1. The Kier molecular flexibility index (Phi) is 32.7. The van der Waals surface area contributed by atoms with E-state index in [9.17, 15) is 0 Å². The molecule has 9 aromatic rings. The van der Waals surface area contributed by atoms with E-state index in [1.165, 1.54) is 299 Å². The molecule has 0 saturated heterocycles. The average Bonchev–Trinajstić information content (AvgIpc) is 1.63. The fourth-order valence-corrected chi connectivity index (χ4v) is 23.3. The Balaban J connectivity index is 1.14. The molecule has 0 saturated carbocycles. The van der Waals surface area contributed by atoms with Gasteiger partial charge in [0.25, 0.3) is 0 Å². The second kappa shape index (κ2) is 40.9. The summed E-state index contributed by atoms with van der Waals surface area (Å²) in [4.78, 5) is 18.3. The third kappa shape index (κ3) is 21.4. The second-order valence-electron chi connectivity index (χ2n) is 27.5. The number of thiophene rings is 8. The van der Waals surface area contributed by atoms with Crippen molar-refractivity contribution in [1.29, 1.82) is 0 Å². The van der Waals surface area contributed by atoms with Gasteiger partial charge in [-0.05, 0) is 166 Å². The molecule has 11 heteroatoms. The Morgan fingerprint density at radius 1 is 0.316 bits per heavy atom. The summed E-state index contributed by atoms with van der Waals surface area (Å²) >= 11 is 15.8. The average molecular weight is 1430 g/mol.